The summed E-state index contributed by atoms with van der Waals surface area (Å²) in [4.78, 5) is 26.1. The highest BCUT2D eigenvalue weighted by Gasteiger charge is 2.24. The lowest BCUT2D eigenvalue weighted by molar-refractivity contribution is 0.266. The summed E-state index contributed by atoms with van der Waals surface area (Å²) in [6.45, 7) is 12.8. The number of pyridine rings is 1. The third-order valence-corrected chi connectivity index (χ3v) is 7.47. The fourth-order valence-electron chi connectivity index (χ4n) is 5.54. The highest BCUT2D eigenvalue weighted by Crippen LogP contribution is 2.34. The minimum Gasteiger partial charge on any atom is -0.354 e. The molecule has 0 radical (unpaired) electrons. The van der Waals surface area contributed by atoms with Crippen LogP contribution in [0.4, 0.5) is 5.95 Å². The average molecular weight is 478 g/mol. The largest absolute Gasteiger partial charge is 0.354 e. The SMILES string of the molecule is CCCCNc1ncc2c3ccc(CN(CCC)CCC)cc3c(=O)n(C3CCC(C)CC3)c2n1. The fraction of sp³-hybridized carbons (Fsp3) is 0.621. The van der Waals surface area contributed by atoms with Crippen molar-refractivity contribution < 1.29 is 0 Å². The summed E-state index contributed by atoms with van der Waals surface area (Å²) in [6, 6.07) is 6.62. The zero-order valence-electron chi connectivity index (χ0n) is 22.1. The topological polar surface area (TPSA) is 63.1 Å². The molecule has 0 aliphatic heterocycles. The molecule has 6 nitrogen and oxygen atoms in total. The standard InChI is InChI=1S/C29H43N5O/c1-5-8-15-30-29-31-19-26-24-14-11-22(20-33(16-6-2)17-7-3)18-25(24)28(35)34(27(26)32-29)23-12-9-21(4)10-13-23/h11,14,18-19,21,23H,5-10,12-13,15-17,20H2,1-4H3,(H,30,31,32). The number of nitrogens with zero attached hydrogens (tertiary/aromatic N) is 4. The lowest BCUT2D eigenvalue weighted by atomic mass is 9.87. The number of nitrogens with one attached hydrogen (secondary N) is 1. The molecule has 2 heterocycles. The molecule has 4 rings (SSSR count). The van der Waals surface area contributed by atoms with Crippen LogP contribution in [0.3, 0.4) is 0 Å². The van der Waals surface area contributed by atoms with Crippen LogP contribution in [-0.2, 0) is 6.54 Å². The Kier molecular flexibility index (Phi) is 8.77. The van der Waals surface area contributed by atoms with E-state index in [0.717, 1.165) is 105 Å². The Balaban J connectivity index is 1.82. The van der Waals surface area contributed by atoms with E-state index in [9.17, 15) is 4.79 Å². The maximum atomic E-state index is 14.1. The zero-order chi connectivity index (χ0) is 24.8. The van der Waals surface area contributed by atoms with E-state index in [-0.39, 0.29) is 11.6 Å². The van der Waals surface area contributed by atoms with E-state index in [4.69, 9.17) is 4.98 Å². The molecule has 0 atom stereocenters. The molecule has 1 aliphatic rings. The normalized spacial score (nSPS) is 18.5. The van der Waals surface area contributed by atoms with Gasteiger partial charge in [0.15, 0.2) is 0 Å². The van der Waals surface area contributed by atoms with Gasteiger partial charge < -0.3 is 5.32 Å². The summed E-state index contributed by atoms with van der Waals surface area (Å²) in [7, 11) is 0. The van der Waals surface area contributed by atoms with Crippen LogP contribution in [-0.4, -0.2) is 39.1 Å². The summed E-state index contributed by atoms with van der Waals surface area (Å²) < 4.78 is 2.01. The van der Waals surface area contributed by atoms with E-state index in [0.29, 0.717) is 5.95 Å². The van der Waals surface area contributed by atoms with Crippen molar-refractivity contribution in [2.75, 3.05) is 25.0 Å². The van der Waals surface area contributed by atoms with Gasteiger partial charge in [0.1, 0.15) is 5.65 Å². The molecular formula is C29H43N5O. The maximum absolute atomic E-state index is 14.1. The molecule has 1 aromatic carbocycles. The number of hydrogen-bond acceptors (Lipinski definition) is 5. The quantitative estimate of drug-likeness (QED) is 0.251. The molecule has 1 fully saturated rings. The lowest BCUT2D eigenvalue weighted by Crippen LogP contribution is -2.29. The average Bonchev–Trinajstić information content (AvgIpc) is 2.86. The number of unbranched alkanes of at least 4 members (excludes halogenated alkanes) is 1. The molecule has 35 heavy (non-hydrogen) atoms. The monoisotopic (exact) mass is 477 g/mol. The first-order valence-corrected chi connectivity index (χ1v) is 13.9. The van der Waals surface area contributed by atoms with Gasteiger partial charge in [-0.3, -0.25) is 14.3 Å². The Bertz CT molecular complexity index is 1170. The Labute approximate surface area is 210 Å². The molecule has 0 unspecified atom stereocenters. The Morgan fingerprint density at radius 2 is 1.74 bits per heavy atom. The summed E-state index contributed by atoms with van der Waals surface area (Å²) >= 11 is 0. The second-order valence-corrected chi connectivity index (χ2v) is 10.5. The molecule has 2 aromatic heterocycles. The third-order valence-electron chi connectivity index (χ3n) is 7.47. The highest BCUT2D eigenvalue weighted by molar-refractivity contribution is 6.04. The van der Waals surface area contributed by atoms with Gasteiger partial charge in [-0.1, -0.05) is 46.2 Å². The molecule has 0 amide bonds. The first-order valence-electron chi connectivity index (χ1n) is 13.9. The highest BCUT2D eigenvalue weighted by atomic mass is 16.1. The van der Waals surface area contributed by atoms with Crippen LogP contribution >= 0.6 is 0 Å². The molecule has 6 heteroatoms. The molecule has 1 saturated carbocycles. The zero-order valence-corrected chi connectivity index (χ0v) is 22.1. The van der Waals surface area contributed by atoms with Crippen molar-refractivity contribution in [1.29, 1.82) is 0 Å². The van der Waals surface area contributed by atoms with Gasteiger partial charge in [-0.05, 0) is 81.0 Å². The molecule has 1 aliphatic carbocycles. The van der Waals surface area contributed by atoms with Gasteiger partial charge in [-0.15, -0.1) is 0 Å². The van der Waals surface area contributed by atoms with Crippen molar-refractivity contribution in [3.8, 4) is 0 Å². The van der Waals surface area contributed by atoms with Crippen molar-refractivity contribution >= 4 is 27.8 Å². The molecular weight excluding hydrogens is 434 g/mol. The minimum atomic E-state index is 0.102. The van der Waals surface area contributed by atoms with Gasteiger partial charge in [-0.25, -0.2) is 4.98 Å². The first-order chi connectivity index (χ1) is 17.0. The molecule has 1 N–H and O–H groups in total. The summed E-state index contributed by atoms with van der Waals surface area (Å²) in [6.07, 6.45) is 10.8. The molecule has 0 spiro atoms. The smallest absolute Gasteiger partial charge is 0.260 e. The summed E-state index contributed by atoms with van der Waals surface area (Å²) in [5, 5.41) is 6.10. The first kappa shape index (κ1) is 25.6. The molecule has 3 aromatic rings. The number of anilines is 1. The van der Waals surface area contributed by atoms with Gasteiger partial charge >= 0.3 is 0 Å². The van der Waals surface area contributed by atoms with E-state index in [1.54, 1.807) is 0 Å². The number of hydrogen-bond donors (Lipinski definition) is 1. The van der Waals surface area contributed by atoms with Gasteiger partial charge in [0, 0.05) is 36.1 Å². The molecule has 190 valence electrons. The fourth-order valence-corrected chi connectivity index (χ4v) is 5.54. The predicted molar refractivity (Wildman–Crippen MR) is 147 cm³/mol. The number of fused-ring (bicyclic) bond motifs is 3. The molecule has 0 saturated heterocycles. The second-order valence-electron chi connectivity index (χ2n) is 10.5. The van der Waals surface area contributed by atoms with Crippen LogP contribution in [0.2, 0.25) is 0 Å². The van der Waals surface area contributed by atoms with Crippen molar-refractivity contribution in [2.24, 2.45) is 5.92 Å². The van der Waals surface area contributed by atoms with Crippen LogP contribution in [0.5, 0.6) is 0 Å². The Hall–Kier alpha value is -2.47. The number of benzene rings is 1. The van der Waals surface area contributed by atoms with Gasteiger partial charge in [-0.2, -0.15) is 4.98 Å². The van der Waals surface area contributed by atoms with E-state index < -0.39 is 0 Å². The van der Waals surface area contributed by atoms with Crippen molar-refractivity contribution in [2.45, 2.75) is 91.6 Å². The van der Waals surface area contributed by atoms with Gasteiger partial charge in [0.05, 0.1) is 0 Å². The van der Waals surface area contributed by atoms with Crippen LogP contribution in [0, 0.1) is 5.92 Å². The van der Waals surface area contributed by atoms with E-state index in [2.05, 4.69) is 61.1 Å². The van der Waals surface area contributed by atoms with E-state index >= 15 is 0 Å². The lowest BCUT2D eigenvalue weighted by Gasteiger charge is -2.29. The van der Waals surface area contributed by atoms with Crippen molar-refractivity contribution in [3.63, 3.8) is 0 Å². The van der Waals surface area contributed by atoms with Gasteiger partial charge in [0.25, 0.3) is 5.56 Å². The molecule has 0 bridgehead atoms. The number of rotatable bonds is 11. The Morgan fingerprint density at radius 3 is 2.43 bits per heavy atom. The van der Waals surface area contributed by atoms with E-state index in [1.165, 1.54) is 5.56 Å². The van der Waals surface area contributed by atoms with Crippen molar-refractivity contribution in [1.82, 2.24) is 19.4 Å². The minimum absolute atomic E-state index is 0.102. The van der Waals surface area contributed by atoms with Crippen molar-refractivity contribution in [3.05, 3.63) is 40.3 Å². The summed E-state index contributed by atoms with van der Waals surface area (Å²) in [5.74, 6) is 1.35. The van der Waals surface area contributed by atoms with Crippen LogP contribution in [0.1, 0.15) is 90.7 Å². The van der Waals surface area contributed by atoms with E-state index in [1.807, 2.05) is 10.8 Å². The van der Waals surface area contributed by atoms with Crippen LogP contribution in [0.15, 0.2) is 29.2 Å². The third kappa shape index (κ3) is 5.85. The Morgan fingerprint density at radius 1 is 1.00 bits per heavy atom. The second kappa shape index (κ2) is 12.0. The van der Waals surface area contributed by atoms with Crippen LogP contribution < -0.4 is 10.9 Å². The van der Waals surface area contributed by atoms with Gasteiger partial charge in [0.2, 0.25) is 5.95 Å². The predicted octanol–water partition coefficient (Wildman–Crippen LogP) is 6.53. The summed E-state index contributed by atoms with van der Waals surface area (Å²) in [5.41, 5.74) is 2.09. The van der Waals surface area contributed by atoms with Crippen LogP contribution in [0.25, 0.3) is 21.8 Å². The number of aromatic nitrogens is 3. The maximum Gasteiger partial charge on any atom is 0.260 e.